The SMILES string of the molecule is Cc1cc(=O)n2nc(CN(C)Cc3cn(-c4ccccc4)nc3-c3ccccc3)sc2n1. The third-order valence-electron chi connectivity index (χ3n) is 5.12. The van der Waals surface area contributed by atoms with Crippen LogP contribution in [0.25, 0.3) is 21.9 Å². The number of aryl methyl sites for hydroxylation is 1. The van der Waals surface area contributed by atoms with Crippen LogP contribution >= 0.6 is 11.3 Å². The lowest BCUT2D eigenvalue weighted by atomic mass is 10.1. The van der Waals surface area contributed by atoms with Crippen molar-refractivity contribution in [1.29, 1.82) is 0 Å². The molecule has 0 bridgehead atoms. The second-order valence-corrected chi connectivity index (χ2v) is 8.79. The topological polar surface area (TPSA) is 68.3 Å². The van der Waals surface area contributed by atoms with E-state index in [1.807, 2.05) is 67.2 Å². The molecule has 0 radical (unpaired) electrons. The Bertz CT molecular complexity index is 1420. The molecule has 7 nitrogen and oxygen atoms in total. The zero-order chi connectivity index (χ0) is 22.1. The van der Waals surface area contributed by atoms with Gasteiger partial charge in [-0.15, -0.1) is 0 Å². The Labute approximate surface area is 189 Å². The molecule has 0 N–H and O–H groups in total. The molecule has 160 valence electrons. The molecule has 8 heteroatoms. The van der Waals surface area contributed by atoms with Gasteiger partial charge < -0.3 is 0 Å². The van der Waals surface area contributed by atoms with Crippen LogP contribution in [-0.4, -0.2) is 36.3 Å². The van der Waals surface area contributed by atoms with Crippen LogP contribution in [0.5, 0.6) is 0 Å². The van der Waals surface area contributed by atoms with Crippen LogP contribution in [0.15, 0.2) is 77.7 Å². The summed E-state index contributed by atoms with van der Waals surface area (Å²) in [6.45, 7) is 3.12. The quantitative estimate of drug-likeness (QED) is 0.398. The number of aromatic nitrogens is 5. The van der Waals surface area contributed by atoms with Crippen LogP contribution in [-0.2, 0) is 13.1 Å². The highest BCUT2D eigenvalue weighted by Crippen LogP contribution is 2.25. The summed E-state index contributed by atoms with van der Waals surface area (Å²) in [6, 6.07) is 21.8. The summed E-state index contributed by atoms with van der Waals surface area (Å²) in [5.74, 6) is 0. The van der Waals surface area contributed by atoms with Crippen LogP contribution in [0.2, 0.25) is 0 Å². The molecule has 3 aromatic heterocycles. The standard InChI is InChI=1S/C24H22N6OS/c1-17-13-22(31)30-24(25-17)32-21(26-30)16-28(2)14-19-15-29(20-11-7-4-8-12-20)27-23(19)18-9-5-3-6-10-18/h3-13,15H,14,16H2,1-2H3. The van der Waals surface area contributed by atoms with Crippen molar-refractivity contribution in [3.63, 3.8) is 0 Å². The van der Waals surface area contributed by atoms with Gasteiger partial charge in [0.1, 0.15) is 5.01 Å². The van der Waals surface area contributed by atoms with Crippen LogP contribution in [0.4, 0.5) is 0 Å². The van der Waals surface area contributed by atoms with E-state index in [0.29, 0.717) is 23.7 Å². The minimum Gasteiger partial charge on any atom is -0.295 e. The van der Waals surface area contributed by atoms with Gasteiger partial charge >= 0.3 is 0 Å². The van der Waals surface area contributed by atoms with Gasteiger partial charge in [-0.3, -0.25) is 9.69 Å². The summed E-state index contributed by atoms with van der Waals surface area (Å²) in [7, 11) is 2.04. The Morgan fingerprint density at radius 2 is 1.69 bits per heavy atom. The molecule has 0 aliphatic rings. The van der Waals surface area contributed by atoms with Crippen LogP contribution < -0.4 is 5.56 Å². The van der Waals surface area contributed by atoms with Gasteiger partial charge in [0.2, 0.25) is 4.96 Å². The second-order valence-electron chi connectivity index (χ2n) is 7.75. The second kappa shape index (κ2) is 8.49. The van der Waals surface area contributed by atoms with Crippen molar-refractivity contribution in [2.24, 2.45) is 0 Å². The summed E-state index contributed by atoms with van der Waals surface area (Å²) in [6.07, 6.45) is 2.09. The van der Waals surface area contributed by atoms with E-state index in [0.717, 1.165) is 27.5 Å². The normalized spacial score (nSPS) is 11.5. The van der Waals surface area contributed by atoms with Gasteiger partial charge in [-0.2, -0.15) is 14.7 Å². The Hall–Kier alpha value is -3.62. The molecule has 0 spiro atoms. The molecule has 0 atom stereocenters. The van der Waals surface area contributed by atoms with Crippen molar-refractivity contribution in [2.75, 3.05) is 7.05 Å². The minimum absolute atomic E-state index is 0.145. The molecular weight excluding hydrogens is 420 g/mol. The molecule has 0 unspecified atom stereocenters. The number of rotatable bonds is 6. The fraction of sp³-hybridized carbons (Fsp3) is 0.167. The molecule has 3 heterocycles. The highest BCUT2D eigenvalue weighted by Gasteiger charge is 2.16. The van der Waals surface area contributed by atoms with Crippen molar-refractivity contribution < 1.29 is 0 Å². The maximum atomic E-state index is 12.2. The van der Waals surface area contributed by atoms with Crippen molar-refractivity contribution in [3.05, 3.63) is 99.5 Å². The van der Waals surface area contributed by atoms with Crippen molar-refractivity contribution >= 4 is 16.3 Å². The highest BCUT2D eigenvalue weighted by molar-refractivity contribution is 7.16. The number of para-hydroxylation sites is 1. The first-order chi connectivity index (χ1) is 15.6. The number of benzene rings is 2. The third kappa shape index (κ3) is 4.10. The molecule has 5 aromatic rings. The van der Waals surface area contributed by atoms with E-state index in [-0.39, 0.29) is 5.56 Å². The first kappa shape index (κ1) is 20.3. The van der Waals surface area contributed by atoms with Gasteiger partial charge in [-0.05, 0) is 26.1 Å². The average molecular weight is 443 g/mol. The highest BCUT2D eigenvalue weighted by atomic mass is 32.1. The van der Waals surface area contributed by atoms with Gasteiger partial charge in [0.15, 0.2) is 0 Å². The molecule has 2 aromatic carbocycles. The Kier molecular flexibility index (Phi) is 5.38. The largest absolute Gasteiger partial charge is 0.295 e. The van der Waals surface area contributed by atoms with Gasteiger partial charge in [-0.1, -0.05) is 59.9 Å². The van der Waals surface area contributed by atoms with Gasteiger partial charge in [0.25, 0.3) is 5.56 Å². The van der Waals surface area contributed by atoms with E-state index in [4.69, 9.17) is 5.10 Å². The van der Waals surface area contributed by atoms with Crippen molar-refractivity contribution in [1.82, 2.24) is 29.3 Å². The fourth-order valence-electron chi connectivity index (χ4n) is 3.68. The monoisotopic (exact) mass is 442 g/mol. The minimum atomic E-state index is -0.145. The Morgan fingerprint density at radius 1 is 0.969 bits per heavy atom. The maximum Gasteiger partial charge on any atom is 0.275 e. The molecule has 0 aliphatic heterocycles. The fourth-order valence-corrected chi connectivity index (χ4v) is 4.70. The van der Waals surface area contributed by atoms with Crippen molar-refractivity contribution in [2.45, 2.75) is 20.0 Å². The zero-order valence-electron chi connectivity index (χ0n) is 17.8. The first-order valence-electron chi connectivity index (χ1n) is 10.3. The lowest BCUT2D eigenvalue weighted by molar-refractivity contribution is 0.317. The summed E-state index contributed by atoms with van der Waals surface area (Å²) in [5, 5.41) is 10.2. The smallest absolute Gasteiger partial charge is 0.275 e. The first-order valence-corrected chi connectivity index (χ1v) is 11.1. The van der Waals surface area contributed by atoms with Crippen LogP contribution in [0.1, 0.15) is 16.3 Å². The molecule has 32 heavy (non-hydrogen) atoms. The van der Waals surface area contributed by atoms with E-state index in [2.05, 4.69) is 33.3 Å². The lowest BCUT2D eigenvalue weighted by Crippen LogP contribution is -2.18. The van der Waals surface area contributed by atoms with E-state index < -0.39 is 0 Å². The number of hydrogen-bond acceptors (Lipinski definition) is 6. The Balaban J connectivity index is 1.44. The van der Waals surface area contributed by atoms with Crippen LogP contribution in [0.3, 0.4) is 0 Å². The van der Waals surface area contributed by atoms with Crippen molar-refractivity contribution in [3.8, 4) is 16.9 Å². The number of hydrogen-bond donors (Lipinski definition) is 0. The number of fused-ring (bicyclic) bond motifs is 1. The van der Waals surface area contributed by atoms with Gasteiger partial charge in [0, 0.05) is 35.6 Å². The van der Waals surface area contributed by atoms with E-state index >= 15 is 0 Å². The zero-order valence-corrected chi connectivity index (χ0v) is 18.7. The summed E-state index contributed by atoms with van der Waals surface area (Å²) in [5.41, 5.74) is 4.74. The maximum absolute atomic E-state index is 12.2. The molecule has 0 saturated heterocycles. The summed E-state index contributed by atoms with van der Waals surface area (Å²) >= 11 is 1.45. The van der Waals surface area contributed by atoms with E-state index in [9.17, 15) is 4.79 Å². The van der Waals surface area contributed by atoms with Gasteiger partial charge in [0.05, 0.1) is 17.9 Å². The predicted octanol–water partition coefficient (Wildman–Crippen LogP) is 3.94. The lowest BCUT2D eigenvalue weighted by Gasteiger charge is -2.14. The summed E-state index contributed by atoms with van der Waals surface area (Å²) in [4.78, 5) is 19.4. The van der Waals surface area contributed by atoms with Gasteiger partial charge in [-0.25, -0.2) is 9.67 Å². The van der Waals surface area contributed by atoms with E-state index in [1.165, 1.54) is 21.9 Å². The number of nitrogens with zero attached hydrogens (tertiary/aromatic N) is 6. The molecule has 0 saturated carbocycles. The summed E-state index contributed by atoms with van der Waals surface area (Å²) < 4.78 is 3.30. The molecule has 5 rings (SSSR count). The molecular formula is C24H22N6OS. The predicted molar refractivity (Wildman–Crippen MR) is 126 cm³/mol. The molecule has 0 aliphatic carbocycles. The van der Waals surface area contributed by atoms with Crippen LogP contribution in [0, 0.1) is 6.92 Å². The van der Waals surface area contributed by atoms with E-state index in [1.54, 1.807) is 0 Å². The Morgan fingerprint density at radius 3 is 2.44 bits per heavy atom. The molecule has 0 amide bonds. The third-order valence-corrected chi connectivity index (χ3v) is 6.01. The molecule has 0 fully saturated rings. The average Bonchev–Trinajstić information content (AvgIpc) is 3.39.